The summed E-state index contributed by atoms with van der Waals surface area (Å²) in [6.07, 6.45) is -3.55. The third-order valence-electron chi connectivity index (χ3n) is 3.85. The molecule has 0 radical (unpaired) electrons. The lowest BCUT2D eigenvalue weighted by molar-refractivity contribution is -0.139. The standard InChI is InChI=1S/C20H16ClF4N3O6/c1-10(29)6-16(20(23,24)25)28(2)19(32)27-13-8-15(11(21)7-12(13)22)34-14-4-3-5-26-18(14)33-9-17(30)31/h3-8H,9H2,1-2H3,(H,27,32)(H,30,31)/b16-6-. The molecule has 1 aromatic carbocycles. The third-order valence-corrected chi connectivity index (χ3v) is 4.14. The highest BCUT2D eigenvalue weighted by molar-refractivity contribution is 6.32. The van der Waals surface area contributed by atoms with Gasteiger partial charge < -0.3 is 19.9 Å². The monoisotopic (exact) mass is 505 g/mol. The summed E-state index contributed by atoms with van der Waals surface area (Å²) in [5.74, 6) is -3.96. The Morgan fingerprint density at radius 1 is 1.26 bits per heavy atom. The van der Waals surface area contributed by atoms with E-state index >= 15 is 0 Å². The summed E-state index contributed by atoms with van der Waals surface area (Å²) in [5.41, 5.74) is -2.17. The lowest BCUT2D eigenvalue weighted by atomic mass is 10.2. The number of alkyl halides is 3. The molecule has 0 saturated heterocycles. The molecule has 9 nitrogen and oxygen atoms in total. The average molecular weight is 506 g/mol. The van der Waals surface area contributed by atoms with Crippen LogP contribution in [0.4, 0.5) is 28.0 Å². The molecule has 2 N–H and O–H groups in total. The van der Waals surface area contributed by atoms with Crippen molar-refractivity contribution in [2.75, 3.05) is 19.0 Å². The summed E-state index contributed by atoms with van der Waals surface area (Å²) in [7, 11) is 0.741. The number of pyridine rings is 1. The minimum absolute atomic E-state index is 0.0922. The van der Waals surface area contributed by atoms with Gasteiger partial charge in [-0.05, 0) is 25.1 Å². The molecular weight excluding hydrogens is 490 g/mol. The number of rotatable bonds is 8. The molecule has 0 aliphatic carbocycles. The van der Waals surface area contributed by atoms with E-state index in [1.165, 1.54) is 18.3 Å². The Labute approximate surface area is 194 Å². The maximum absolute atomic E-state index is 14.4. The number of amides is 2. The summed E-state index contributed by atoms with van der Waals surface area (Å²) in [5, 5.41) is 10.4. The van der Waals surface area contributed by atoms with Crippen LogP contribution in [0.15, 0.2) is 42.2 Å². The van der Waals surface area contributed by atoms with Gasteiger partial charge in [0.15, 0.2) is 18.1 Å². The van der Waals surface area contributed by atoms with Crippen molar-refractivity contribution in [2.45, 2.75) is 13.1 Å². The van der Waals surface area contributed by atoms with Crippen LogP contribution in [0, 0.1) is 5.82 Å². The number of carbonyl (C=O) groups excluding carboxylic acids is 2. The van der Waals surface area contributed by atoms with E-state index in [1.807, 2.05) is 5.32 Å². The van der Waals surface area contributed by atoms with E-state index in [4.69, 9.17) is 26.2 Å². The molecule has 2 rings (SSSR count). The molecule has 1 aromatic heterocycles. The van der Waals surface area contributed by atoms with Crippen LogP contribution in [-0.4, -0.2) is 52.6 Å². The number of carboxylic acid groups (broad SMARTS) is 1. The minimum Gasteiger partial charge on any atom is -0.479 e. The number of aliphatic carboxylic acids is 1. The van der Waals surface area contributed by atoms with Gasteiger partial charge >= 0.3 is 18.2 Å². The fourth-order valence-electron chi connectivity index (χ4n) is 2.38. The smallest absolute Gasteiger partial charge is 0.431 e. The Morgan fingerprint density at radius 3 is 2.53 bits per heavy atom. The first-order valence-corrected chi connectivity index (χ1v) is 9.48. The molecule has 1 heterocycles. The Hall–Kier alpha value is -3.87. The predicted molar refractivity (Wildman–Crippen MR) is 110 cm³/mol. The molecular formula is C20H16ClF4N3O6. The number of hydrogen-bond acceptors (Lipinski definition) is 6. The molecule has 0 aliphatic rings. The lowest BCUT2D eigenvalue weighted by Gasteiger charge is -2.23. The van der Waals surface area contributed by atoms with Gasteiger partial charge in [0.1, 0.15) is 17.3 Å². The van der Waals surface area contributed by atoms with Gasteiger partial charge in [0.2, 0.25) is 0 Å². The molecule has 0 spiro atoms. The zero-order chi connectivity index (χ0) is 25.6. The summed E-state index contributed by atoms with van der Waals surface area (Å²) >= 11 is 5.96. The van der Waals surface area contributed by atoms with E-state index in [1.54, 1.807) is 0 Å². The number of ketones is 1. The maximum Gasteiger partial charge on any atom is 0.431 e. The van der Waals surface area contributed by atoms with Crippen molar-refractivity contribution in [1.82, 2.24) is 9.88 Å². The highest BCUT2D eigenvalue weighted by Crippen LogP contribution is 2.37. The molecule has 182 valence electrons. The van der Waals surface area contributed by atoms with Crippen LogP contribution in [0.2, 0.25) is 5.02 Å². The van der Waals surface area contributed by atoms with Crippen molar-refractivity contribution in [1.29, 1.82) is 0 Å². The van der Waals surface area contributed by atoms with Gasteiger partial charge in [-0.25, -0.2) is 19.0 Å². The largest absolute Gasteiger partial charge is 0.479 e. The number of nitrogens with zero attached hydrogens (tertiary/aromatic N) is 2. The maximum atomic E-state index is 14.4. The van der Waals surface area contributed by atoms with E-state index in [-0.39, 0.29) is 33.4 Å². The predicted octanol–water partition coefficient (Wildman–Crippen LogP) is 4.63. The van der Waals surface area contributed by atoms with Gasteiger partial charge in [-0.1, -0.05) is 11.6 Å². The molecule has 34 heavy (non-hydrogen) atoms. The molecule has 0 saturated carbocycles. The van der Waals surface area contributed by atoms with E-state index in [0.29, 0.717) is 0 Å². The van der Waals surface area contributed by atoms with Crippen molar-refractivity contribution in [2.24, 2.45) is 0 Å². The molecule has 0 aliphatic heterocycles. The highest BCUT2D eigenvalue weighted by Gasteiger charge is 2.39. The summed E-state index contributed by atoms with van der Waals surface area (Å²) in [6.45, 7) is 0.125. The first-order chi connectivity index (χ1) is 15.8. The van der Waals surface area contributed by atoms with Crippen LogP contribution >= 0.6 is 11.6 Å². The second-order valence-corrected chi connectivity index (χ2v) is 6.89. The van der Waals surface area contributed by atoms with Crippen molar-refractivity contribution >= 4 is 35.1 Å². The fraction of sp³-hybridized carbons (Fsp3) is 0.200. The van der Waals surface area contributed by atoms with Crippen LogP contribution in [0.5, 0.6) is 17.4 Å². The Balaban J connectivity index is 2.33. The fourth-order valence-corrected chi connectivity index (χ4v) is 2.57. The van der Waals surface area contributed by atoms with E-state index < -0.39 is 47.8 Å². The van der Waals surface area contributed by atoms with Crippen molar-refractivity contribution in [3.05, 3.63) is 53.1 Å². The summed E-state index contributed by atoms with van der Waals surface area (Å²) in [4.78, 5) is 38.1. The molecule has 0 atom stereocenters. The Morgan fingerprint density at radius 2 is 1.94 bits per heavy atom. The van der Waals surface area contributed by atoms with Crippen LogP contribution in [-0.2, 0) is 9.59 Å². The van der Waals surface area contributed by atoms with Crippen molar-refractivity contribution in [3.8, 4) is 17.4 Å². The second-order valence-electron chi connectivity index (χ2n) is 6.48. The van der Waals surface area contributed by atoms with Gasteiger partial charge in [0, 0.05) is 25.4 Å². The number of carbonyl (C=O) groups is 3. The third kappa shape index (κ3) is 7.07. The van der Waals surface area contributed by atoms with Crippen LogP contribution < -0.4 is 14.8 Å². The van der Waals surface area contributed by atoms with E-state index in [2.05, 4.69) is 4.98 Å². The van der Waals surface area contributed by atoms with Crippen LogP contribution in [0.3, 0.4) is 0 Å². The van der Waals surface area contributed by atoms with Crippen LogP contribution in [0.25, 0.3) is 0 Å². The first kappa shape index (κ1) is 26.4. The van der Waals surface area contributed by atoms with Crippen LogP contribution in [0.1, 0.15) is 6.92 Å². The molecule has 0 bridgehead atoms. The van der Waals surface area contributed by atoms with Gasteiger partial charge in [-0.15, -0.1) is 0 Å². The second kappa shape index (κ2) is 10.8. The van der Waals surface area contributed by atoms with Crippen molar-refractivity contribution in [3.63, 3.8) is 0 Å². The number of benzene rings is 1. The van der Waals surface area contributed by atoms with E-state index in [9.17, 15) is 31.9 Å². The van der Waals surface area contributed by atoms with Gasteiger partial charge in [0.05, 0.1) is 10.7 Å². The lowest BCUT2D eigenvalue weighted by Crippen LogP contribution is -2.37. The minimum atomic E-state index is -5.04. The summed E-state index contributed by atoms with van der Waals surface area (Å²) < 4.78 is 64.5. The average Bonchev–Trinajstić information content (AvgIpc) is 2.73. The van der Waals surface area contributed by atoms with Crippen molar-refractivity contribution < 1.29 is 46.5 Å². The zero-order valence-corrected chi connectivity index (χ0v) is 18.2. The first-order valence-electron chi connectivity index (χ1n) is 9.10. The van der Waals surface area contributed by atoms with Gasteiger partial charge in [0.25, 0.3) is 5.88 Å². The quantitative estimate of drug-likeness (QED) is 0.396. The molecule has 2 amide bonds. The number of aromatic nitrogens is 1. The SMILES string of the molecule is CC(=O)/C=C(\N(C)C(=O)Nc1cc(Oc2cccnc2OCC(=O)O)c(Cl)cc1F)C(F)(F)F. The number of halogens is 5. The number of anilines is 1. The zero-order valence-electron chi connectivity index (χ0n) is 17.4. The molecule has 2 aromatic rings. The number of ether oxygens (including phenoxy) is 2. The highest BCUT2D eigenvalue weighted by atomic mass is 35.5. The molecule has 0 unspecified atom stereocenters. The number of carboxylic acids is 1. The Kier molecular flexibility index (Phi) is 8.41. The Bertz CT molecular complexity index is 1140. The molecule has 14 heteroatoms. The topological polar surface area (TPSA) is 118 Å². The summed E-state index contributed by atoms with van der Waals surface area (Å²) in [6, 6.07) is 2.95. The number of nitrogens with one attached hydrogen (secondary N) is 1. The van der Waals surface area contributed by atoms with E-state index in [0.717, 1.165) is 26.1 Å². The number of urea groups is 1. The number of hydrogen-bond donors (Lipinski definition) is 2. The van der Waals surface area contributed by atoms with Gasteiger partial charge in [-0.2, -0.15) is 13.2 Å². The normalized spacial score (nSPS) is 11.6. The van der Waals surface area contributed by atoms with Gasteiger partial charge in [-0.3, -0.25) is 9.69 Å². The number of allylic oxidation sites excluding steroid dienone is 2. The molecule has 0 fully saturated rings.